The van der Waals surface area contributed by atoms with Gasteiger partial charge in [-0.25, -0.2) is 4.98 Å². The highest BCUT2D eigenvalue weighted by Gasteiger charge is 2.14. The first-order valence-electron chi connectivity index (χ1n) is 5.76. The Hall–Kier alpha value is -1.61. The van der Waals surface area contributed by atoms with Gasteiger partial charge in [-0.3, -0.25) is 0 Å². The van der Waals surface area contributed by atoms with E-state index in [4.69, 9.17) is 5.11 Å². The van der Waals surface area contributed by atoms with Gasteiger partial charge < -0.3 is 10.1 Å². The first-order chi connectivity index (χ1) is 8.00. The Morgan fingerprint density at radius 3 is 2.65 bits per heavy atom. The normalized spacial score (nSPS) is 11.8. The van der Waals surface area contributed by atoms with Crippen molar-refractivity contribution in [1.82, 2.24) is 9.97 Å². The Kier molecular flexibility index (Phi) is 3.03. The fraction of sp³-hybridized carbons (Fsp3) is 0.357. The molecule has 0 atom stereocenters. The number of H-pyrrole nitrogens is 1. The van der Waals surface area contributed by atoms with Gasteiger partial charge in [0, 0.05) is 5.56 Å². The summed E-state index contributed by atoms with van der Waals surface area (Å²) in [5.41, 5.74) is 3.19. The molecule has 0 aliphatic heterocycles. The van der Waals surface area contributed by atoms with Gasteiger partial charge in [-0.2, -0.15) is 0 Å². The lowest BCUT2D eigenvalue weighted by Gasteiger charge is -2.19. The topological polar surface area (TPSA) is 48.9 Å². The highest BCUT2D eigenvalue weighted by molar-refractivity contribution is 5.57. The second-order valence-electron chi connectivity index (χ2n) is 5.25. The second kappa shape index (κ2) is 4.34. The Bertz CT molecular complexity index is 509. The predicted octanol–water partition coefficient (Wildman–Crippen LogP) is 2.87. The minimum Gasteiger partial charge on any atom is -0.390 e. The SMILES string of the molecule is CC(C)(C)c1cccc(-c2ncc(CO)[nH]2)c1. The van der Waals surface area contributed by atoms with Crippen molar-refractivity contribution in [2.24, 2.45) is 0 Å². The van der Waals surface area contributed by atoms with E-state index in [-0.39, 0.29) is 12.0 Å². The molecular weight excluding hydrogens is 212 g/mol. The van der Waals surface area contributed by atoms with E-state index >= 15 is 0 Å². The van der Waals surface area contributed by atoms with Crippen molar-refractivity contribution < 1.29 is 5.11 Å². The molecular formula is C14H18N2O. The first-order valence-corrected chi connectivity index (χ1v) is 5.76. The van der Waals surface area contributed by atoms with Gasteiger partial charge in [0.15, 0.2) is 0 Å². The fourth-order valence-electron chi connectivity index (χ4n) is 1.72. The van der Waals surface area contributed by atoms with Gasteiger partial charge in [0.05, 0.1) is 18.5 Å². The third-order valence-electron chi connectivity index (χ3n) is 2.80. The summed E-state index contributed by atoms with van der Waals surface area (Å²) in [7, 11) is 0. The fourth-order valence-corrected chi connectivity index (χ4v) is 1.72. The van der Waals surface area contributed by atoms with Crippen molar-refractivity contribution in [3.63, 3.8) is 0 Å². The molecule has 0 radical (unpaired) electrons. The zero-order valence-electron chi connectivity index (χ0n) is 10.5. The summed E-state index contributed by atoms with van der Waals surface area (Å²) in [6, 6.07) is 8.33. The molecule has 1 heterocycles. The standard InChI is InChI=1S/C14H18N2O/c1-14(2,3)11-6-4-5-10(7-11)13-15-8-12(9-17)16-13/h4-8,17H,9H2,1-3H3,(H,15,16). The Morgan fingerprint density at radius 2 is 2.06 bits per heavy atom. The maximum atomic E-state index is 9.01. The number of hydrogen-bond acceptors (Lipinski definition) is 2. The molecule has 1 aromatic carbocycles. The van der Waals surface area contributed by atoms with E-state index < -0.39 is 0 Å². The maximum absolute atomic E-state index is 9.01. The van der Waals surface area contributed by atoms with Gasteiger partial charge in [-0.1, -0.05) is 39.0 Å². The van der Waals surface area contributed by atoms with Gasteiger partial charge in [-0.15, -0.1) is 0 Å². The van der Waals surface area contributed by atoms with E-state index in [9.17, 15) is 0 Å². The van der Waals surface area contributed by atoms with Crippen molar-refractivity contribution in [3.8, 4) is 11.4 Å². The Labute approximate surface area is 102 Å². The molecule has 3 nitrogen and oxygen atoms in total. The molecule has 3 heteroatoms. The van der Waals surface area contributed by atoms with E-state index in [1.165, 1.54) is 5.56 Å². The van der Waals surface area contributed by atoms with E-state index in [1.807, 2.05) is 12.1 Å². The average molecular weight is 230 g/mol. The van der Waals surface area contributed by atoms with E-state index in [2.05, 4.69) is 42.9 Å². The van der Waals surface area contributed by atoms with Gasteiger partial charge in [0.25, 0.3) is 0 Å². The van der Waals surface area contributed by atoms with Crippen LogP contribution in [0.25, 0.3) is 11.4 Å². The van der Waals surface area contributed by atoms with Gasteiger partial charge in [0.2, 0.25) is 0 Å². The molecule has 2 rings (SSSR count). The molecule has 17 heavy (non-hydrogen) atoms. The summed E-state index contributed by atoms with van der Waals surface area (Å²) in [6.45, 7) is 6.56. The summed E-state index contributed by atoms with van der Waals surface area (Å²) in [5, 5.41) is 9.01. The van der Waals surface area contributed by atoms with E-state index in [0.29, 0.717) is 0 Å². The van der Waals surface area contributed by atoms with Crippen LogP contribution in [0.5, 0.6) is 0 Å². The number of hydrogen-bond donors (Lipinski definition) is 2. The monoisotopic (exact) mass is 230 g/mol. The minimum atomic E-state index is -0.00797. The van der Waals surface area contributed by atoms with E-state index in [0.717, 1.165) is 17.1 Å². The Balaban J connectivity index is 2.39. The summed E-state index contributed by atoms with van der Waals surface area (Å²) in [5.74, 6) is 0.806. The molecule has 0 amide bonds. The molecule has 0 saturated carbocycles. The van der Waals surface area contributed by atoms with E-state index in [1.54, 1.807) is 6.20 Å². The van der Waals surface area contributed by atoms with Crippen LogP contribution in [0.1, 0.15) is 32.0 Å². The highest BCUT2D eigenvalue weighted by Crippen LogP contribution is 2.26. The molecule has 0 aliphatic rings. The van der Waals surface area contributed by atoms with Crippen molar-refractivity contribution in [1.29, 1.82) is 0 Å². The Morgan fingerprint density at radius 1 is 1.29 bits per heavy atom. The second-order valence-corrected chi connectivity index (χ2v) is 5.25. The number of aromatic nitrogens is 2. The molecule has 2 aromatic rings. The number of benzene rings is 1. The molecule has 0 spiro atoms. The van der Waals surface area contributed by atoms with Crippen molar-refractivity contribution >= 4 is 0 Å². The molecule has 0 bridgehead atoms. The third kappa shape index (κ3) is 2.56. The first kappa shape index (κ1) is 11.9. The molecule has 0 fully saturated rings. The number of aliphatic hydroxyl groups is 1. The molecule has 0 saturated heterocycles. The highest BCUT2D eigenvalue weighted by atomic mass is 16.3. The van der Waals surface area contributed by atoms with Crippen molar-refractivity contribution in [2.75, 3.05) is 0 Å². The smallest absolute Gasteiger partial charge is 0.137 e. The van der Waals surface area contributed by atoms with Gasteiger partial charge in [0.1, 0.15) is 5.82 Å². The van der Waals surface area contributed by atoms with Crippen LogP contribution >= 0.6 is 0 Å². The van der Waals surface area contributed by atoms with Crippen LogP contribution < -0.4 is 0 Å². The van der Waals surface area contributed by atoms with Crippen LogP contribution in [0.4, 0.5) is 0 Å². The molecule has 90 valence electrons. The number of nitrogens with one attached hydrogen (secondary N) is 1. The summed E-state index contributed by atoms with van der Waals surface area (Å²) < 4.78 is 0. The van der Waals surface area contributed by atoms with Crippen LogP contribution in [-0.4, -0.2) is 15.1 Å². The maximum Gasteiger partial charge on any atom is 0.137 e. The summed E-state index contributed by atoms with van der Waals surface area (Å²) >= 11 is 0. The summed E-state index contributed by atoms with van der Waals surface area (Å²) in [4.78, 5) is 7.36. The lowest BCUT2D eigenvalue weighted by atomic mass is 9.86. The zero-order valence-corrected chi connectivity index (χ0v) is 10.5. The van der Waals surface area contributed by atoms with Crippen molar-refractivity contribution in [3.05, 3.63) is 41.7 Å². The molecule has 0 unspecified atom stereocenters. The predicted molar refractivity (Wildman–Crippen MR) is 68.6 cm³/mol. The van der Waals surface area contributed by atoms with Crippen LogP contribution in [0.3, 0.4) is 0 Å². The van der Waals surface area contributed by atoms with Crippen LogP contribution in [0.2, 0.25) is 0 Å². The molecule has 0 aliphatic carbocycles. The zero-order chi connectivity index (χ0) is 12.5. The number of aliphatic hydroxyl groups excluding tert-OH is 1. The molecule has 1 aromatic heterocycles. The quantitative estimate of drug-likeness (QED) is 0.833. The summed E-state index contributed by atoms with van der Waals surface area (Å²) in [6.07, 6.45) is 1.67. The minimum absolute atomic E-state index is 0.00797. The average Bonchev–Trinajstić information content (AvgIpc) is 2.76. The van der Waals surface area contributed by atoms with Crippen molar-refractivity contribution in [2.45, 2.75) is 32.8 Å². The number of rotatable bonds is 2. The van der Waals surface area contributed by atoms with Crippen LogP contribution in [0, 0.1) is 0 Å². The molecule has 2 N–H and O–H groups in total. The number of nitrogens with zero attached hydrogens (tertiary/aromatic N) is 1. The number of imidazole rings is 1. The lowest BCUT2D eigenvalue weighted by Crippen LogP contribution is -2.10. The third-order valence-corrected chi connectivity index (χ3v) is 2.80. The largest absolute Gasteiger partial charge is 0.390 e. The van der Waals surface area contributed by atoms with Gasteiger partial charge in [-0.05, 0) is 17.0 Å². The number of aromatic amines is 1. The van der Waals surface area contributed by atoms with Crippen LogP contribution in [0.15, 0.2) is 30.5 Å². The van der Waals surface area contributed by atoms with Gasteiger partial charge >= 0.3 is 0 Å². The lowest BCUT2D eigenvalue weighted by molar-refractivity contribution is 0.277. The van der Waals surface area contributed by atoms with Crippen LogP contribution in [-0.2, 0) is 12.0 Å².